The number of sulfone groups is 1. The van der Waals surface area contributed by atoms with Crippen LogP contribution in [-0.2, 0) is 14.6 Å². The minimum Gasteiger partial charge on any atom is -0.382 e. The quantitative estimate of drug-likeness (QED) is 0.554. The smallest absolute Gasteiger partial charge is 0.151 e. The highest BCUT2D eigenvalue weighted by molar-refractivity contribution is 7.91. The lowest BCUT2D eigenvalue weighted by Crippen LogP contribution is -2.25. The Labute approximate surface area is 112 Å². The summed E-state index contributed by atoms with van der Waals surface area (Å²) in [6.45, 7) is 9.08. The molecule has 0 saturated heterocycles. The van der Waals surface area contributed by atoms with Crippen molar-refractivity contribution in [3.63, 3.8) is 0 Å². The summed E-state index contributed by atoms with van der Waals surface area (Å²) in [6, 6.07) is 0. The molecule has 4 nitrogen and oxygen atoms in total. The first-order valence-electron chi connectivity index (χ1n) is 6.97. The Morgan fingerprint density at radius 3 is 2.44 bits per heavy atom. The molecular formula is C13H29NO3S. The molecule has 1 N–H and O–H groups in total. The molecular weight excluding hydrogens is 250 g/mol. The molecule has 0 atom stereocenters. The van der Waals surface area contributed by atoms with Crippen LogP contribution in [0.25, 0.3) is 0 Å². The maximum atomic E-state index is 11.6. The molecule has 0 bridgehead atoms. The molecule has 0 aliphatic rings. The van der Waals surface area contributed by atoms with Gasteiger partial charge in [0.2, 0.25) is 0 Å². The monoisotopic (exact) mass is 279 g/mol. The van der Waals surface area contributed by atoms with Crippen LogP contribution in [0.1, 0.15) is 40.0 Å². The van der Waals surface area contributed by atoms with Crippen LogP contribution in [0.4, 0.5) is 0 Å². The van der Waals surface area contributed by atoms with Gasteiger partial charge in [-0.25, -0.2) is 8.42 Å². The average molecular weight is 279 g/mol. The van der Waals surface area contributed by atoms with Crippen molar-refractivity contribution in [2.24, 2.45) is 5.92 Å². The average Bonchev–Trinajstić information content (AvgIpc) is 2.30. The van der Waals surface area contributed by atoms with E-state index in [0.717, 1.165) is 39.0 Å². The van der Waals surface area contributed by atoms with Crippen LogP contribution >= 0.6 is 0 Å². The highest BCUT2D eigenvalue weighted by atomic mass is 32.2. The molecule has 0 amide bonds. The predicted molar refractivity (Wildman–Crippen MR) is 76.7 cm³/mol. The largest absolute Gasteiger partial charge is 0.382 e. The van der Waals surface area contributed by atoms with Gasteiger partial charge in [0.15, 0.2) is 9.84 Å². The van der Waals surface area contributed by atoms with E-state index in [9.17, 15) is 8.42 Å². The van der Waals surface area contributed by atoms with Gasteiger partial charge in [0.1, 0.15) is 0 Å². The third-order valence-corrected chi connectivity index (χ3v) is 4.38. The van der Waals surface area contributed by atoms with E-state index in [4.69, 9.17) is 4.74 Å². The fourth-order valence-corrected chi connectivity index (χ4v) is 2.96. The predicted octanol–water partition coefficient (Wildman–Crippen LogP) is 1.85. The van der Waals surface area contributed by atoms with E-state index < -0.39 is 9.84 Å². The summed E-state index contributed by atoms with van der Waals surface area (Å²) in [5.41, 5.74) is 0. The van der Waals surface area contributed by atoms with E-state index in [1.165, 1.54) is 0 Å². The van der Waals surface area contributed by atoms with Gasteiger partial charge < -0.3 is 10.1 Å². The zero-order valence-electron chi connectivity index (χ0n) is 12.1. The Balaban J connectivity index is 3.42. The van der Waals surface area contributed by atoms with Crippen molar-refractivity contribution in [2.75, 3.05) is 37.8 Å². The van der Waals surface area contributed by atoms with E-state index in [2.05, 4.69) is 5.32 Å². The van der Waals surface area contributed by atoms with E-state index in [0.29, 0.717) is 18.2 Å². The Morgan fingerprint density at radius 2 is 1.83 bits per heavy atom. The Hall–Kier alpha value is -0.130. The maximum Gasteiger partial charge on any atom is 0.151 e. The second-order valence-corrected chi connectivity index (χ2v) is 7.29. The lowest BCUT2D eigenvalue weighted by Gasteiger charge is -2.07. The van der Waals surface area contributed by atoms with Gasteiger partial charge in [-0.3, -0.25) is 0 Å². The van der Waals surface area contributed by atoms with Crippen molar-refractivity contribution in [1.29, 1.82) is 0 Å². The lowest BCUT2D eigenvalue weighted by molar-refractivity contribution is 0.143. The highest BCUT2D eigenvalue weighted by Crippen LogP contribution is 2.03. The maximum absolute atomic E-state index is 11.6. The summed E-state index contributed by atoms with van der Waals surface area (Å²) in [4.78, 5) is 0. The van der Waals surface area contributed by atoms with Gasteiger partial charge in [0.05, 0.1) is 11.5 Å². The summed E-state index contributed by atoms with van der Waals surface area (Å²) < 4.78 is 28.5. The molecule has 0 heterocycles. The molecule has 0 aromatic carbocycles. The second-order valence-electron chi connectivity index (χ2n) is 4.99. The molecule has 0 aliphatic heterocycles. The van der Waals surface area contributed by atoms with Crippen LogP contribution in [0.2, 0.25) is 0 Å². The first-order chi connectivity index (χ1) is 8.48. The summed E-state index contributed by atoms with van der Waals surface area (Å²) >= 11 is 0. The van der Waals surface area contributed by atoms with E-state index in [1.54, 1.807) is 0 Å². The molecule has 0 aromatic heterocycles. The van der Waals surface area contributed by atoms with Crippen LogP contribution in [0, 0.1) is 5.92 Å². The third kappa shape index (κ3) is 12.3. The van der Waals surface area contributed by atoms with E-state index in [-0.39, 0.29) is 5.75 Å². The second kappa shape index (κ2) is 10.8. The van der Waals surface area contributed by atoms with Gasteiger partial charge in [0.25, 0.3) is 0 Å². The zero-order valence-corrected chi connectivity index (χ0v) is 12.9. The lowest BCUT2D eigenvalue weighted by atomic mass is 10.2. The van der Waals surface area contributed by atoms with Gasteiger partial charge in [-0.1, -0.05) is 13.8 Å². The topological polar surface area (TPSA) is 55.4 Å². The van der Waals surface area contributed by atoms with Crippen molar-refractivity contribution in [3.8, 4) is 0 Å². The number of unbranched alkanes of at least 4 members (excludes halogenated alkanes) is 1. The highest BCUT2D eigenvalue weighted by Gasteiger charge is 2.10. The number of rotatable bonds is 12. The molecule has 110 valence electrons. The van der Waals surface area contributed by atoms with Gasteiger partial charge in [0, 0.05) is 19.8 Å². The standard InChI is InChI=1S/C13H29NO3S/c1-4-17-10-6-5-8-14-9-12-18(15,16)11-7-13(2)3/h13-14H,4-12H2,1-3H3. The van der Waals surface area contributed by atoms with Crippen LogP contribution in [0.15, 0.2) is 0 Å². The molecule has 0 unspecified atom stereocenters. The van der Waals surface area contributed by atoms with Crippen molar-refractivity contribution in [1.82, 2.24) is 5.32 Å². The van der Waals surface area contributed by atoms with Crippen molar-refractivity contribution in [3.05, 3.63) is 0 Å². The van der Waals surface area contributed by atoms with Gasteiger partial charge in [-0.05, 0) is 38.6 Å². The number of ether oxygens (including phenoxy) is 1. The normalized spacial score (nSPS) is 12.2. The third-order valence-electron chi connectivity index (χ3n) is 2.69. The minimum atomic E-state index is -2.87. The Kier molecular flexibility index (Phi) is 10.7. The molecule has 0 fully saturated rings. The molecule has 0 rings (SSSR count). The van der Waals surface area contributed by atoms with Crippen molar-refractivity contribution in [2.45, 2.75) is 40.0 Å². The zero-order chi connectivity index (χ0) is 13.9. The fraction of sp³-hybridized carbons (Fsp3) is 1.00. The fourth-order valence-electron chi connectivity index (χ4n) is 1.47. The van der Waals surface area contributed by atoms with Gasteiger partial charge in [-0.2, -0.15) is 0 Å². The van der Waals surface area contributed by atoms with Gasteiger partial charge in [-0.15, -0.1) is 0 Å². The SMILES string of the molecule is CCOCCCCNCCS(=O)(=O)CCC(C)C. The van der Waals surface area contributed by atoms with Crippen LogP contribution in [-0.4, -0.2) is 46.2 Å². The molecule has 0 radical (unpaired) electrons. The Morgan fingerprint density at radius 1 is 1.11 bits per heavy atom. The first kappa shape index (κ1) is 17.9. The molecule has 0 spiro atoms. The van der Waals surface area contributed by atoms with Crippen LogP contribution in [0.5, 0.6) is 0 Å². The molecule has 0 aromatic rings. The molecule has 18 heavy (non-hydrogen) atoms. The summed E-state index contributed by atoms with van der Waals surface area (Å²) in [5.74, 6) is 1.02. The van der Waals surface area contributed by atoms with Gasteiger partial charge >= 0.3 is 0 Å². The summed E-state index contributed by atoms with van der Waals surface area (Å²) in [7, 11) is -2.87. The molecule has 0 saturated carbocycles. The number of hydrogen-bond acceptors (Lipinski definition) is 4. The Bertz CT molecular complexity index is 276. The summed E-state index contributed by atoms with van der Waals surface area (Å²) in [6.07, 6.45) is 2.82. The number of nitrogens with one attached hydrogen (secondary N) is 1. The molecule has 5 heteroatoms. The van der Waals surface area contributed by atoms with Crippen LogP contribution < -0.4 is 5.32 Å². The van der Waals surface area contributed by atoms with Crippen LogP contribution in [0.3, 0.4) is 0 Å². The van der Waals surface area contributed by atoms with Crippen molar-refractivity contribution >= 4 is 9.84 Å². The number of hydrogen-bond donors (Lipinski definition) is 1. The molecule has 0 aliphatic carbocycles. The van der Waals surface area contributed by atoms with Crippen molar-refractivity contribution < 1.29 is 13.2 Å². The first-order valence-corrected chi connectivity index (χ1v) is 8.79. The van der Waals surface area contributed by atoms with E-state index >= 15 is 0 Å². The van der Waals surface area contributed by atoms with E-state index in [1.807, 2.05) is 20.8 Å². The summed E-state index contributed by atoms with van der Waals surface area (Å²) in [5, 5.41) is 3.17. The minimum absolute atomic E-state index is 0.255.